The molecule has 0 unspecified atom stereocenters. The van der Waals surface area contributed by atoms with Gasteiger partial charge in [-0.3, -0.25) is 9.59 Å². The zero-order valence-electron chi connectivity index (χ0n) is 17.2. The number of aryl methyl sites for hydroxylation is 1. The van der Waals surface area contributed by atoms with E-state index in [1.165, 1.54) is 0 Å². The summed E-state index contributed by atoms with van der Waals surface area (Å²) in [5.41, 5.74) is 2.97. The lowest BCUT2D eigenvalue weighted by atomic mass is 10.1. The van der Waals surface area contributed by atoms with Crippen molar-refractivity contribution in [1.82, 2.24) is 14.8 Å². The lowest BCUT2D eigenvalue weighted by Gasteiger charge is -2.27. The Kier molecular flexibility index (Phi) is 5.86. The summed E-state index contributed by atoms with van der Waals surface area (Å²) in [7, 11) is 0. The van der Waals surface area contributed by atoms with Gasteiger partial charge in [-0.1, -0.05) is 25.1 Å². The van der Waals surface area contributed by atoms with Crippen molar-refractivity contribution in [2.75, 3.05) is 26.3 Å². The molecule has 1 N–H and O–H groups in total. The number of carbonyl (C=O) groups is 2. The molecule has 1 saturated heterocycles. The quantitative estimate of drug-likeness (QED) is 0.589. The standard InChI is InChI=1S/C23H26N4O3/c1-2-16-4-3-5-20-18(12-17(13-24)23(29)25-19-6-7-19)14-27(22(16)20)15-21(28)26-8-10-30-11-9-26/h3-5,12,14,19H,2,6-11,15H2,1H3,(H,25,29)/b17-12+. The highest BCUT2D eigenvalue weighted by Crippen LogP contribution is 2.28. The molecule has 1 aromatic carbocycles. The molecule has 2 aliphatic rings. The number of rotatable bonds is 6. The number of morpholine rings is 1. The van der Waals surface area contributed by atoms with Crippen LogP contribution in [-0.4, -0.2) is 53.6 Å². The van der Waals surface area contributed by atoms with Crippen LogP contribution in [0.25, 0.3) is 17.0 Å². The van der Waals surface area contributed by atoms with Crippen molar-refractivity contribution >= 4 is 28.8 Å². The van der Waals surface area contributed by atoms with E-state index in [4.69, 9.17) is 4.74 Å². The fraction of sp³-hybridized carbons (Fsp3) is 0.435. The van der Waals surface area contributed by atoms with Crippen molar-refractivity contribution in [3.05, 3.63) is 41.1 Å². The molecule has 1 aliphatic heterocycles. The molecule has 7 nitrogen and oxygen atoms in total. The van der Waals surface area contributed by atoms with E-state index in [1.807, 2.05) is 33.9 Å². The summed E-state index contributed by atoms with van der Waals surface area (Å²) in [6.07, 6.45) is 6.27. The van der Waals surface area contributed by atoms with Gasteiger partial charge in [-0.25, -0.2) is 0 Å². The minimum Gasteiger partial charge on any atom is -0.378 e. The molecule has 156 valence electrons. The number of nitrogens with zero attached hydrogens (tertiary/aromatic N) is 3. The Morgan fingerprint density at radius 3 is 2.73 bits per heavy atom. The normalized spacial score (nSPS) is 17.1. The van der Waals surface area contributed by atoms with Crippen molar-refractivity contribution < 1.29 is 14.3 Å². The number of carbonyl (C=O) groups excluding carboxylic acids is 2. The number of nitrogens with one attached hydrogen (secondary N) is 1. The van der Waals surface area contributed by atoms with Gasteiger partial charge in [-0.2, -0.15) is 5.26 Å². The predicted molar refractivity (Wildman–Crippen MR) is 113 cm³/mol. The predicted octanol–water partition coefficient (Wildman–Crippen LogP) is 2.25. The first-order valence-electron chi connectivity index (χ1n) is 10.5. The van der Waals surface area contributed by atoms with Crippen LogP contribution in [0.2, 0.25) is 0 Å². The first-order chi connectivity index (χ1) is 14.6. The molecule has 2 aromatic rings. The summed E-state index contributed by atoms with van der Waals surface area (Å²) in [5.74, 6) is -0.291. The van der Waals surface area contributed by atoms with E-state index in [-0.39, 0.29) is 30.0 Å². The van der Waals surface area contributed by atoms with Gasteiger partial charge in [0.2, 0.25) is 5.91 Å². The lowest BCUT2D eigenvalue weighted by Crippen LogP contribution is -2.42. The van der Waals surface area contributed by atoms with Crippen molar-refractivity contribution in [3.8, 4) is 6.07 Å². The van der Waals surface area contributed by atoms with E-state index in [0.717, 1.165) is 41.3 Å². The van der Waals surface area contributed by atoms with Crippen molar-refractivity contribution in [3.63, 3.8) is 0 Å². The van der Waals surface area contributed by atoms with Crippen LogP contribution in [0.15, 0.2) is 30.0 Å². The van der Waals surface area contributed by atoms with Crippen LogP contribution >= 0.6 is 0 Å². The summed E-state index contributed by atoms with van der Waals surface area (Å²) in [4.78, 5) is 27.1. The van der Waals surface area contributed by atoms with Crippen LogP contribution < -0.4 is 5.32 Å². The Balaban J connectivity index is 1.70. The number of para-hydroxylation sites is 1. The molecule has 4 rings (SSSR count). The lowest BCUT2D eigenvalue weighted by molar-refractivity contribution is -0.135. The number of aromatic nitrogens is 1. The monoisotopic (exact) mass is 406 g/mol. The van der Waals surface area contributed by atoms with Gasteiger partial charge in [-0.05, 0) is 30.9 Å². The Hall–Kier alpha value is -3.11. The third kappa shape index (κ3) is 4.24. The second kappa shape index (κ2) is 8.72. The molecule has 0 radical (unpaired) electrons. The Bertz CT molecular complexity index is 1040. The van der Waals surface area contributed by atoms with E-state index < -0.39 is 0 Å². The van der Waals surface area contributed by atoms with Gasteiger partial charge >= 0.3 is 0 Å². The summed E-state index contributed by atoms with van der Waals surface area (Å²) in [6.45, 7) is 4.63. The third-order valence-electron chi connectivity index (χ3n) is 5.64. The average Bonchev–Trinajstić information content (AvgIpc) is 3.52. The zero-order chi connectivity index (χ0) is 21.1. The molecular formula is C23H26N4O3. The van der Waals surface area contributed by atoms with Crippen LogP contribution in [0.1, 0.15) is 30.9 Å². The third-order valence-corrected chi connectivity index (χ3v) is 5.64. The highest BCUT2D eigenvalue weighted by atomic mass is 16.5. The summed E-state index contributed by atoms with van der Waals surface area (Å²) >= 11 is 0. The van der Waals surface area contributed by atoms with Crippen LogP contribution in [0.4, 0.5) is 0 Å². The number of ether oxygens (including phenoxy) is 1. The summed E-state index contributed by atoms with van der Waals surface area (Å²) in [6, 6.07) is 8.22. The molecule has 2 amide bonds. The first-order valence-corrected chi connectivity index (χ1v) is 10.5. The van der Waals surface area contributed by atoms with Gasteiger partial charge in [0, 0.05) is 36.3 Å². The maximum atomic E-state index is 12.9. The topological polar surface area (TPSA) is 87.4 Å². The van der Waals surface area contributed by atoms with Gasteiger partial charge < -0.3 is 19.5 Å². The van der Waals surface area contributed by atoms with E-state index in [1.54, 1.807) is 6.08 Å². The van der Waals surface area contributed by atoms with Gasteiger partial charge in [-0.15, -0.1) is 0 Å². The average molecular weight is 406 g/mol. The highest BCUT2D eigenvalue weighted by molar-refractivity contribution is 6.04. The smallest absolute Gasteiger partial charge is 0.262 e. The van der Waals surface area contributed by atoms with Gasteiger partial charge in [0.15, 0.2) is 0 Å². The molecule has 1 saturated carbocycles. The second-order valence-corrected chi connectivity index (χ2v) is 7.79. The van der Waals surface area contributed by atoms with Gasteiger partial charge in [0.05, 0.1) is 18.7 Å². The summed E-state index contributed by atoms with van der Waals surface area (Å²) in [5, 5.41) is 13.3. The van der Waals surface area contributed by atoms with E-state index in [0.29, 0.717) is 26.3 Å². The number of benzene rings is 1. The first kappa shape index (κ1) is 20.2. The van der Waals surface area contributed by atoms with Crippen LogP contribution in [0, 0.1) is 11.3 Å². The Morgan fingerprint density at radius 1 is 1.30 bits per heavy atom. The Labute approximate surface area is 175 Å². The minimum absolute atomic E-state index is 0.0450. The number of hydrogen-bond donors (Lipinski definition) is 1. The van der Waals surface area contributed by atoms with Gasteiger partial charge in [0.25, 0.3) is 5.91 Å². The van der Waals surface area contributed by atoms with Crippen LogP contribution in [0.5, 0.6) is 0 Å². The molecule has 30 heavy (non-hydrogen) atoms. The van der Waals surface area contributed by atoms with Crippen LogP contribution in [-0.2, 0) is 27.3 Å². The fourth-order valence-electron chi connectivity index (χ4n) is 3.84. The minimum atomic E-state index is -0.336. The fourth-order valence-corrected chi connectivity index (χ4v) is 3.84. The number of hydrogen-bond acceptors (Lipinski definition) is 4. The molecule has 0 spiro atoms. The number of fused-ring (bicyclic) bond motifs is 1. The van der Waals surface area contributed by atoms with E-state index in [2.05, 4.69) is 18.3 Å². The number of amides is 2. The maximum Gasteiger partial charge on any atom is 0.262 e. The molecule has 2 heterocycles. The van der Waals surface area contributed by atoms with Crippen molar-refractivity contribution in [1.29, 1.82) is 5.26 Å². The highest BCUT2D eigenvalue weighted by Gasteiger charge is 2.25. The van der Waals surface area contributed by atoms with Crippen molar-refractivity contribution in [2.24, 2.45) is 0 Å². The largest absolute Gasteiger partial charge is 0.378 e. The summed E-state index contributed by atoms with van der Waals surface area (Å²) < 4.78 is 7.29. The van der Waals surface area contributed by atoms with E-state index >= 15 is 0 Å². The van der Waals surface area contributed by atoms with Crippen molar-refractivity contribution in [2.45, 2.75) is 38.8 Å². The van der Waals surface area contributed by atoms with Crippen LogP contribution in [0.3, 0.4) is 0 Å². The Morgan fingerprint density at radius 2 is 2.07 bits per heavy atom. The number of nitriles is 1. The molecule has 1 aromatic heterocycles. The van der Waals surface area contributed by atoms with Gasteiger partial charge in [0.1, 0.15) is 18.2 Å². The molecule has 0 bridgehead atoms. The maximum absolute atomic E-state index is 12.9. The molecular weight excluding hydrogens is 380 g/mol. The molecule has 7 heteroatoms. The van der Waals surface area contributed by atoms with E-state index in [9.17, 15) is 14.9 Å². The molecule has 0 atom stereocenters. The second-order valence-electron chi connectivity index (χ2n) is 7.79. The molecule has 2 fully saturated rings. The SMILES string of the molecule is CCc1cccc2c(/C=C(\C#N)C(=O)NC3CC3)cn(CC(=O)N3CCOCC3)c12. The zero-order valence-corrected chi connectivity index (χ0v) is 17.2. The molecule has 1 aliphatic carbocycles.